The van der Waals surface area contributed by atoms with Gasteiger partial charge in [-0.05, 0) is 74.8 Å². The molecule has 0 aliphatic heterocycles. The molecular formula is C31H38N6O. The van der Waals surface area contributed by atoms with Crippen molar-refractivity contribution in [2.24, 2.45) is 7.05 Å². The molecule has 0 spiro atoms. The van der Waals surface area contributed by atoms with Gasteiger partial charge in [0.25, 0.3) is 5.56 Å². The summed E-state index contributed by atoms with van der Waals surface area (Å²) >= 11 is 0. The summed E-state index contributed by atoms with van der Waals surface area (Å²) in [6.07, 6.45) is 13.9. The van der Waals surface area contributed by atoms with Gasteiger partial charge in [0, 0.05) is 60.9 Å². The number of pyridine rings is 2. The van der Waals surface area contributed by atoms with Crippen LogP contribution in [-0.2, 0) is 19.9 Å². The first-order valence-corrected chi connectivity index (χ1v) is 14.0. The van der Waals surface area contributed by atoms with Crippen LogP contribution in [0.1, 0.15) is 61.8 Å². The lowest BCUT2D eigenvalue weighted by molar-refractivity contribution is 0.632. The van der Waals surface area contributed by atoms with Crippen LogP contribution in [0, 0.1) is 6.92 Å². The molecule has 2 N–H and O–H groups in total. The van der Waals surface area contributed by atoms with Crippen LogP contribution in [0.2, 0.25) is 0 Å². The first-order valence-electron chi connectivity index (χ1n) is 14.0. The zero-order chi connectivity index (χ0) is 26.3. The van der Waals surface area contributed by atoms with E-state index in [0.29, 0.717) is 11.6 Å². The molecule has 0 unspecified atom stereocenters. The van der Waals surface area contributed by atoms with Crippen molar-refractivity contribution in [1.82, 2.24) is 19.5 Å². The molecule has 4 aromatic rings. The molecule has 0 saturated carbocycles. The van der Waals surface area contributed by atoms with E-state index >= 15 is 0 Å². The summed E-state index contributed by atoms with van der Waals surface area (Å²) in [6.45, 7) is 3.93. The number of aryl methyl sites for hydroxylation is 2. The second-order valence-corrected chi connectivity index (χ2v) is 10.4. The van der Waals surface area contributed by atoms with Gasteiger partial charge >= 0.3 is 0 Å². The normalized spacial score (nSPS) is 12.9. The van der Waals surface area contributed by atoms with Crippen molar-refractivity contribution in [2.75, 3.05) is 23.7 Å². The van der Waals surface area contributed by atoms with Crippen LogP contribution in [0.15, 0.2) is 53.6 Å². The summed E-state index contributed by atoms with van der Waals surface area (Å²) in [5.41, 5.74) is 7.94. The molecule has 3 heterocycles. The van der Waals surface area contributed by atoms with Crippen LogP contribution < -0.4 is 16.2 Å². The standard InChI is InChI=1S/C31H38N6O/c1-22-12-13-25-28(20-22)35-26-11-7-6-10-24(26)30(25)33-16-8-4-3-5-9-17-34-31-36-27(21-29(38)37(31)2)23-14-18-32-19-15-23/h12-15,18-21H,3-11,16-17H2,1-2H3,(H,33,35)(H,34,36). The van der Waals surface area contributed by atoms with Gasteiger partial charge in [0.1, 0.15) is 0 Å². The SMILES string of the molecule is Cc1ccc2c(NCCCCCCCNc3nc(-c4ccncc4)cc(=O)n3C)c3c(nc2c1)CCCC3. The topological polar surface area (TPSA) is 84.7 Å². The number of hydrogen-bond donors (Lipinski definition) is 2. The Kier molecular flexibility index (Phi) is 8.31. The third-order valence-electron chi connectivity index (χ3n) is 7.47. The predicted molar refractivity (Wildman–Crippen MR) is 156 cm³/mol. The zero-order valence-corrected chi connectivity index (χ0v) is 22.6. The highest BCUT2D eigenvalue weighted by atomic mass is 16.1. The highest BCUT2D eigenvalue weighted by Crippen LogP contribution is 2.33. The lowest BCUT2D eigenvalue weighted by Crippen LogP contribution is -2.22. The van der Waals surface area contributed by atoms with E-state index in [9.17, 15) is 4.79 Å². The molecule has 0 fully saturated rings. The second-order valence-electron chi connectivity index (χ2n) is 10.4. The Morgan fingerprint density at radius 1 is 0.868 bits per heavy atom. The molecule has 7 heteroatoms. The third kappa shape index (κ3) is 6.04. The molecule has 0 radical (unpaired) electrons. The van der Waals surface area contributed by atoms with E-state index in [2.05, 4.69) is 45.7 Å². The highest BCUT2D eigenvalue weighted by molar-refractivity contribution is 5.94. The van der Waals surface area contributed by atoms with Gasteiger partial charge in [-0.2, -0.15) is 0 Å². The monoisotopic (exact) mass is 510 g/mol. The summed E-state index contributed by atoms with van der Waals surface area (Å²) < 4.78 is 1.57. The van der Waals surface area contributed by atoms with Gasteiger partial charge < -0.3 is 10.6 Å². The largest absolute Gasteiger partial charge is 0.384 e. The first-order chi connectivity index (χ1) is 18.6. The third-order valence-corrected chi connectivity index (χ3v) is 7.47. The van der Waals surface area contributed by atoms with Gasteiger partial charge in [-0.1, -0.05) is 31.4 Å². The van der Waals surface area contributed by atoms with Crippen molar-refractivity contribution >= 4 is 22.5 Å². The Bertz CT molecular complexity index is 1450. The molecule has 1 aliphatic carbocycles. The average Bonchev–Trinajstić information content (AvgIpc) is 2.94. The number of unbranched alkanes of at least 4 members (excludes halogenated alkanes) is 4. The van der Waals surface area contributed by atoms with E-state index < -0.39 is 0 Å². The van der Waals surface area contributed by atoms with Crippen LogP contribution in [0.4, 0.5) is 11.6 Å². The average molecular weight is 511 g/mol. The van der Waals surface area contributed by atoms with Gasteiger partial charge in [-0.3, -0.25) is 19.3 Å². The zero-order valence-electron chi connectivity index (χ0n) is 22.6. The highest BCUT2D eigenvalue weighted by Gasteiger charge is 2.18. The summed E-state index contributed by atoms with van der Waals surface area (Å²) in [6, 6.07) is 12.0. The maximum absolute atomic E-state index is 12.4. The molecule has 38 heavy (non-hydrogen) atoms. The van der Waals surface area contributed by atoms with Crippen molar-refractivity contribution in [2.45, 2.75) is 64.7 Å². The number of anilines is 2. The number of fused-ring (bicyclic) bond motifs is 2. The number of hydrogen-bond acceptors (Lipinski definition) is 6. The van der Waals surface area contributed by atoms with E-state index in [4.69, 9.17) is 4.98 Å². The van der Waals surface area contributed by atoms with E-state index in [1.165, 1.54) is 53.6 Å². The van der Waals surface area contributed by atoms with Gasteiger partial charge in [0.15, 0.2) is 0 Å². The predicted octanol–water partition coefficient (Wildman–Crippen LogP) is 6.05. The molecular weight excluding hydrogens is 472 g/mol. The van der Waals surface area contributed by atoms with Crippen molar-refractivity contribution < 1.29 is 0 Å². The van der Waals surface area contributed by atoms with E-state index in [1.54, 1.807) is 30.1 Å². The van der Waals surface area contributed by atoms with Crippen molar-refractivity contribution in [3.63, 3.8) is 0 Å². The van der Waals surface area contributed by atoms with Crippen LogP contribution in [0.5, 0.6) is 0 Å². The Hall–Kier alpha value is -3.74. The molecule has 5 rings (SSSR count). The first kappa shape index (κ1) is 25.9. The van der Waals surface area contributed by atoms with Crippen LogP contribution in [0.25, 0.3) is 22.2 Å². The molecule has 0 amide bonds. The quantitative estimate of drug-likeness (QED) is 0.239. The number of nitrogens with one attached hydrogen (secondary N) is 2. The summed E-state index contributed by atoms with van der Waals surface area (Å²) in [4.78, 5) is 26.1. The Balaban J connectivity index is 1.07. The summed E-state index contributed by atoms with van der Waals surface area (Å²) in [5, 5.41) is 8.41. The molecule has 1 aromatic carbocycles. The molecule has 7 nitrogen and oxygen atoms in total. The van der Waals surface area contributed by atoms with Gasteiger partial charge in [0.2, 0.25) is 5.95 Å². The lowest BCUT2D eigenvalue weighted by atomic mass is 9.92. The fraction of sp³-hybridized carbons (Fsp3) is 0.419. The smallest absolute Gasteiger partial charge is 0.255 e. The molecule has 0 saturated heterocycles. The maximum Gasteiger partial charge on any atom is 0.255 e. The second kappa shape index (κ2) is 12.2. The Morgan fingerprint density at radius 3 is 2.42 bits per heavy atom. The minimum absolute atomic E-state index is 0.0693. The van der Waals surface area contributed by atoms with Crippen LogP contribution in [0.3, 0.4) is 0 Å². The Morgan fingerprint density at radius 2 is 1.61 bits per heavy atom. The number of benzene rings is 1. The summed E-state index contributed by atoms with van der Waals surface area (Å²) in [5.74, 6) is 0.608. The molecule has 0 atom stereocenters. The number of rotatable bonds is 11. The fourth-order valence-electron chi connectivity index (χ4n) is 5.30. The number of nitrogens with zero attached hydrogens (tertiary/aromatic N) is 4. The molecule has 1 aliphatic rings. The van der Waals surface area contributed by atoms with Gasteiger partial charge in [0.05, 0.1) is 11.2 Å². The molecule has 0 bridgehead atoms. The van der Waals surface area contributed by atoms with Crippen LogP contribution >= 0.6 is 0 Å². The number of aromatic nitrogens is 4. The Labute approximate surface area is 224 Å². The van der Waals surface area contributed by atoms with E-state index in [-0.39, 0.29) is 5.56 Å². The van der Waals surface area contributed by atoms with Gasteiger partial charge in [-0.15, -0.1) is 0 Å². The van der Waals surface area contributed by atoms with Crippen molar-refractivity contribution in [3.8, 4) is 11.3 Å². The van der Waals surface area contributed by atoms with Gasteiger partial charge in [-0.25, -0.2) is 4.98 Å². The maximum atomic E-state index is 12.4. The molecule has 198 valence electrons. The van der Waals surface area contributed by atoms with Crippen LogP contribution in [-0.4, -0.2) is 32.6 Å². The summed E-state index contributed by atoms with van der Waals surface area (Å²) in [7, 11) is 1.76. The minimum atomic E-state index is -0.0693. The minimum Gasteiger partial charge on any atom is -0.384 e. The lowest BCUT2D eigenvalue weighted by Gasteiger charge is -2.22. The van der Waals surface area contributed by atoms with E-state index in [0.717, 1.165) is 56.3 Å². The van der Waals surface area contributed by atoms with E-state index in [1.807, 2.05) is 12.1 Å². The van der Waals surface area contributed by atoms with Crippen molar-refractivity contribution in [1.29, 1.82) is 0 Å². The van der Waals surface area contributed by atoms with Crippen molar-refractivity contribution in [3.05, 3.63) is 76.0 Å². The molecule has 3 aromatic heterocycles. The fourth-order valence-corrected chi connectivity index (χ4v) is 5.30.